The minimum atomic E-state index is -0.782. The summed E-state index contributed by atoms with van der Waals surface area (Å²) in [5.74, 6) is -0.917. The second-order valence-electron chi connectivity index (χ2n) is 4.96. The summed E-state index contributed by atoms with van der Waals surface area (Å²) >= 11 is 0. The van der Waals surface area contributed by atoms with E-state index in [1.807, 2.05) is 0 Å². The van der Waals surface area contributed by atoms with Crippen LogP contribution in [0.2, 0.25) is 0 Å². The maximum absolute atomic E-state index is 12.0. The standard InChI is InChI=1S/C14H18N2O4/c1-20-12-6-5-10(8-15-12)13(17)16-11-4-2-3-9(7-11)14(18)19/h5-6,8-9,11H,2-4,7H2,1H3,(H,16,17)(H,18,19). The van der Waals surface area contributed by atoms with E-state index in [9.17, 15) is 9.59 Å². The number of ether oxygens (including phenoxy) is 1. The van der Waals surface area contributed by atoms with Crippen molar-refractivity contribution >= 4 is 11.9 Å². The molecule has 6 heteroatoms. The van der Waals surface area contributed by atoms with Gasteiger partial charge >= 0.3 is 5.97 Å². The number of aromatic nitrogens is 1. The SMILES string of the molecule is COc1ccc(C(=O)NC2CCCC(C(=O)O)C2)cn1. The van der Waals surface area contributed by atoms with Crippen molar-refractivity contribution in [1.82, 2.24) is 10.3 Å². The van der Waals surface area contributed by atoms with Crippen LogP contribution in [-0.4, -0.2) is 35.1 Å². The van der Waals surface area contributed by atoms with E-state index in [2.05, 4.69) is 10.3 Å². The molecule has 1 saturated carbocycles. The summed E-state index contributed by atoms with van der Waals surface area (Å²) in [7, 11) is 1.51. The molecule has 2 atom stereocenters. The van der Waals surface area contributed by atoms with Gasteiger partial charge in [-0.1, -0.05) is 6.42 Å². The lowest BCUT2D eigenvalue weighted by Gasteiger charge is -2.27. The van der Waals surface area contributed by atoms with Crippen molar-refractivity contribution in [2.24, 2.45) is 5.92 Å². The van der Waals surface area contributed by atoms with E-state index in [1.165, 1.54) is 13.3 Å². The summed E-state index contributed by atoms with van der Waals surface area (Å²) in [6.45, 7) is 0. The van der Waals surface area contributed by atoms with Crippen LogP contribution in [0.25, 0.3) is 0 Å². The van der Waals surface area contributed by atoms with Gasteiger partial charge in [0.1, 0.15) is 0 Å². The molecule has 0 spiro atoms. The van der Waals surface area contributed by atoms with E-state index in [0.717, 1.165) is 12.8 Å². The lowest BCUT2D eigenvalue weighted by Crippen LogP contribution is -2.39. The number of nitrogens with one attached hydrogen (secondary N) is 1. The highest BCUT2D eigenvalue weighted by atomic mass is 16.5. The zero-order valence-corrected chi connectivity index (χ0v) is 11.3. The average molecular weight is 278 g/mol. The third kappa shape index (κ3) is 3.46. The number of rotatable bonds is 4. The molecule has 0 aromatic carbocycles. The van der Waals surface area contributed by atoms with Crippen LogP contribution in [0, 0.1) is 5.92 Å². The zero-order chi connectivity index (χ0) is 14.5. The van der Waals surface area contributed by atoms with Crippen LogP contribution >= 0.6 is 0 Å². The Balaban J connectivity index is 1.94. The summed E-state index contributed by atoms with van der Waals surface area (Å²) in [5, 5.41) is 11.9. The van der Waals surface area contributed by atoms with Gasteiger partial charge in [-0.25, -0.2) is 4.98 Å². The third-order valence-corrected chi connectivity index (χ3v) is 3.57. The first-order valence-corrected chi connectivity index (χ1v) is 6.64. The first-order chi connectivity index (χ1) is 9.60. The predicted molar refractivity (Wildman–Crippen MR) is 71.6 cm³/mol. The van der Waals surface area contributed by atoms with Crippen LogP contribution in [0.5, 0.6) is 5.88 Å². The molecule has 0 saturated heterocycles. The third-order valence-electron chi connectivity index (χ3n) is 3.57. The number of methoxy groups -OCH3 is 1. The molecule has 6 nitrogen and oxygen atoms in total. The molecule has 1 heterocycles. The van der Waals surface area contributed by atoms with E-state index in [4.69, 9.17) is 9.84 Å². The highest BCUT2D eigenvalue weighted by Gasteiger charge is 2.27. The largest absolute Gasteiger partial charge is 0.481 e. The average Bonchev–Trinajstić information content (AvgIpc) is 2.47. The number of amides is 1. The monoisotopic (exact) mass is 278 g/mol. The minimum absolute atomic E-state index is 0.0838. The Morgan fingerprint density at radius 1 is 1.40 bits per heavy atom. The van der Waals surface area contributed by atoms with Crippen molar-refractivity contribution in [3.8, 4) is 5.88 Å². The molecular formula is C14H18N2O4. The van der Waals surface area contributed by atoms with Gasteiger partial charge in [0.25, 0.3) is 5.91 Å². The molecule has 1 fully saturated rings. The molecule has 2 unspecified atom stereocenters. The molecule has 0 aliphatic heterocycles. The molecule has 2 N–H and O–H groups in total. The number of hydrogen-bond acceptors (Lipinski definition) is 4. The molecule has 1 aromatic heterocycles. The van der Waals surface area contributed by atoms with Crippen LogP contribution < -0.4 is 10.1 Å². The summed E-state index contributed by atoms with van der Waals surface area (Å²) in [5.41, 5.74) is 0.447. The van der Waals surface area contributed by atoms with Gasteiger partial charge in [-0.15, -0.1) is 0 Å². The molecule has 0 bridgehead atoms. The Morgan fingerprint density at radius 2 is 2.20 bits per heavy atom. The van der Waals surface area contributed by atoms with Gasteiger partial charge in [0.2, 0.25) is 5.88 Å². The first kappa shape index (κ1) is 14.3. The normalized spacial score (nSPS) is 22.1. The van der Waals surface area contributed by atoms with Crippen molar-refractivity contribution in [3.05, 3.63) is 23.9 Å². The van der Waals surface area contributed by atoms with Gasteiger partial charge in [0.15, 0.2) is 0 Å². The fourth-order valence-electron chi connectivity index (χ4n) is 2.45. The number of nitrogens with zero attached hydrogens (tertiary/aromatic N) is 1. The number of carbonyl (C=O) groups excluding carboxylic acids is 1. The van der Waals surface area contributed by atoms with Crippen LogP contribution in [0.1, 0.15) is 36.0 Å². The number of carbonyl (C=O) groups is 2. The van der Waals surface area contributed by atoms with E-state index in [0.29, 0.717) is 24.3 Å². The molecule has 0 radical (unpaired) electrons. The summed E-state index contributed by atoms with van der Waals surface area (Å²) in [4.78, 5) is 27.0. The van der Waals surface area contributed by atoms with Crippen LogP contribution in [0.4, 0.5) is 0 Å². The highest BCUT2D eigenvalue weighted by molar-refractivity contribution is 5.94. The van der Waals surface area contributed by atoms with Crippen LogP contribution in [-0.2, 0) is 4.79 Å². The number of hydrogen-bond donors (Lipinski definition) is 2. The number of carboxylic acids is 1. The van der Waals surface area contributed by atoms with E-state index < -0.39 is 5.97 Å². The van der Waals surface area contributed by atoms with Gasteiger partial charge in [-0.2, -0.15) is 0 Å². The Kier molecular flexibility index (Phi) is 4.55. The van der Waals surface area contributed by atoms with Gasteiger partial charge in [0, 0.05) is 18.3 Å². The quantitative estimate of drug-likeness (QED) is 0.870. The Bertz CT molecular complexity index is 486. The number of aliphatic carboxylic acids is 1. The van der Waals surface area contributed by atoms with Crippen molar-refractivity contribution in [2.45, 2.75) is 31.7 Å². The molecule has 1 aliphatic rings. The van der Waals surface area contributed by atoms with Crippen molar-refractivity contribution in [1.29, 1.82) is 0 Å². The number of pyridine rings is 1. The second kappa shape index (κ2) is 6.36. The highest BCUT2D eigenvalue weighted by Crippen LogP contribution is 2.24. The Morgan fingerprint density at radius 3 is 2.80 bits per heavy atom. The summed E-state index contributed by atoms with van der Waals surface area (Å²) in [6, 6.07) is 3.17. The Hall–Kier alpha value is -2.11. The van der Waals surface area contributed by atoms with Crippen molar-refractivity contribution in [3.63, 3.8) is 0 Å². The van der Waals surface area contributed by atoms with E-state index in [1.54, 1.807) is 12.1 Å². The van der Waals surface area contributed by atoms with E-state index in [-0.39, 0.29) is 17.9 Å². The molecule has 1 amide bonds. The maximum atomic E-state index is 12.0. The Labute approximate surface area is 117 Å². The van der Waals surface area contributed by atoms with Gasteiger partial charge < -0.3 is 15.2 Å². The maximum Gasteiger partial charge on any atom is 0.306 e. The van der Waals surface area contributed by atoms with Gasteiger partial charge in [0.05, 0.1) is 18.6 Å². The van der Waals surface area contributed by atoms with Crippen LogP contribution in [0.15, 0.2) is 18.3 Å². The lowest BCUT2D eigenvalue weighted by molar-refractivity contribution is -0.143. The molecule has 20 heavy (non-hydrogen) atoms. The smallest absolute Gasteiger partial charge is 0.306 e. The van der Waals surface area contributed by atoms with Gasteiger partial charge in [-0.3, -0.25) is 9.59 Å². The molecular weight excluding hydrogens is 260 g/mol. The van der Waals surface area contributed by atoms with Crippen molar-refractivity contribution in [2.75, 3.05) is 7.11 Å². The fourth-order valence-corrected chi connectivity index (χ4v) is 2.45. The van der Waals surface area contributed by atoms with Gasteiger partial charge in [-0.05, 0) is 25.3 Å². The first-order valence-electron chi connectivity index (χ1n) is 6.64. The minimum Gasteiger partial charge on any atom is -0.481 e. The predicted octanol–water partition coefficient (Wildman–Crippen LogP) is 1.46. The van der Waals surface area contributed by atoms with E-state index >= 15 is 0 Å². The molecule has 2 rings (SSSR count). The second-order valence-corrected chi connectivity index (χ2v) is 4.96. The number of carboxylic acid groups (broad SMARTS) is 1. The fraction of sp³-hybridized carbons (Fsp3) is 0.500. The zero-order valence-electron chi connectivity index (χ0n) is 11.3. The molecule has 108 valence electrons. The molecule has 1 aliphatic carbocycles. The molecule has 1 aromatic rings. The van der Waals surface area contributed by atoms with Crippen molar-refractivity contribution < 1.29 is 19.4 Å². The topological polar surface area (TPSA) is 88.5 Å². The summed E-state index contributed by atoms with van der Waals surface area (Å²) < 4.78 is 4.93. The summed E-state index contributed by atoms with van der Waals surface area (Å²) in [6.07, 6.45) is 4.27. The van der Waals surface area contributed by atoms with Crippen LogP contribution in [0.3, 0.4) is 0 Å². The lowest BCUT2D eigenvalue weighted by atomic mass is 9.85.